The molecule has 0 fully saturated rings. The number of rotatable bonds is 5. The van der Waals surface area contributed by atoms with Crippen LogP contribution in [0.15, 0.2) is 17.2 Å². The second kappa shape index (κ2) is 5.85. The van der Waals surface area contributed by atoms with Crippen molar-refractivity contribution < 1.29 is 9.32 Å². The Morgan fingerprint density at radius 1 is 1.50 bits per heavy atom. The van der Waals surface area contributed by atoms with Crippen molar-refractivity contribution in [1.29, 1.82) is 0 Å². The average Bonchev–Trinajstić information content (AvgIpc) is 3.02. The molecule has 20 heavy (non-hydrogen) atoms. The SMILES string of the molecule is Cc1noc(C)c1CN(C)C(=O)C(C)Cn1cncn1. The Labute approximate surface area is 117 Å². The average molecular weight is 277 g/mol. The molecule has 2 rings (SSSR count). The molecule has 0 bridgehead atoms. The maximum absolute atomic E-state index is 12.3. The highest BCUT2D eigenvalue weighted by atomic mass is 16.5. The van der Waals surface area contributed by atoms with Gasteiger partial charge in [-0.1, -0.05) is 12.1 Å². The van der Waals surface area contributed by atoms with Gasteiger partial charge in [0.25, 0.3) is 0 Å². The molecule has 0 aliphatic rings. The Morgan fingerprint density at radius 3 is 2.80 bits per heavy atom. The monoisotopic (exact) mass is 277 g/mol. The molecular formula is C13H19N5O2. The molecule has 0 saturated heterocycles. The molecular weight excluding hydrogens is 258 g/mol. The highest BCUT2D eigenvalue weighted by Crippen LogP contribution is 2.15. The molecule has 1 atom stereocenters. The standard InChI is InChI=1S/C13H19N5O2/c1-9(5-18-8-14-7-15-18)13(19)17(4)6-12-10(2)16-20-11(12)3/h7-9H,5-6H2,1-4H3. The molecule has 7 heteroatoms. The van der Waals surface area contributed by atoms with Gasteiger partial charge in [0.05, 0.1) is 24.7 Å². The molecule has 0 spiro atoms. The first kappa shape index (κ1) is 14.2. The van der Waals surface area contributed by atoms with Crippen molar-refractivity contribution in [3.8, 4) is 0 Å². The van der Waals surface area contributed by atoms with Gasteiger partial charge in [-0.2, -0.15) is 5.10 Å². The van der Waals surface area contributed by atoms with E-state index in [4.69, 9.17) is 4.52 Å². The van der Waals surface area contributed by atoms with Gasteiger partial charge in [-0.05, 0) is 13.8 Å². The number of aromatic nitrogens is 4. The normalized spacial score (nSPS) is 12.4. The highest BCUT2D eigenvalue weighted by Gasteiger charge is 2.20. The van der Waals surface area contributed by atoms with E-state index in [0.29, 0.717) is 13.1 Å². The number of nitrogens with zero attached hydrogens (tertiary/aromatic N) is 5. The molecule has 2 aromatic heterocycles. The lowest BCUT2D eigenvalue weighted by Gasteiger charge is -2.21. The van der Waals surface area contributed by atoms with Crippen molar-refractivity contribution in [3.63, 3.8) is 0 Å². The van der Waals surface area contributed by atoms with Crippen LogP contribution in [0, 0.1) is 19.8 Å². The number of amides is 1. The van der Waals surface area contributed by atoms with Gasteiger partial charge in [0, 0.05) is 12.6 Å². The second-order valence-corrected chi connectivity index (χ2v) is 5.02. The van der Waals surface area contributed by atoms with Crippen LogP contribution in [0.2, 0.25) is 0 Å². The van der Waals surface area contributed by atoms with Crippen molar-refractivity contribution in [2.75, 3.05) is 7.05 Å². The number of hydrogen-bond donors (Lipinski definition) is 0. The molecule has 7 nitrogen and oxygen atoms in total. The van der Waals surface area contributed by atoms with E-state index >= 15 is 0 Å². The number of carbonyl (C=O) groups excluding carboxylic acids is 1. The molecule has 0 aromatic carbocycles. The number of hydrogen-bond acceptors (Lipinski definition) is 5. The summed E-state index contributed by atoms with van der Waals surface area (Å²) in [7, 11) is 1.78. The first-order chi connectivity index (χ1) is 9.49. The predicted octanol–water partition coefficient (Wildman–Crippen LogP) is 1.18. The summed E-state index contributed by atoms with van der Waals surface area (Å²) in [5.74, 6) is 0.647. The highest BCUT2D eigenvalue weighted by molar-refractivity contribution is 5.78. The van der Waals surface area contributed by atoms with Crippen LogP contribution in [0.4, 0.5) is 0 Å². The van der Waals surface area contributed by atoms with Gasteiger partial charge in [0.15, 0.2) is 0 Å². The van der Waals surface area contributed by atoms with Crippen LogP contribution in [0.1, 0.15) is 23.9 Å². The number of carbonyl (C=O) groups is 1. The van der Waals surface area contributed by atoms with Crippen molar-refractivity contribution in [3.05, 3.63) is 29.7 Å². The van der Waals surface area contributed by atoms with Gasteiger partial charge < -0.3 is 9.42 Å². The smallest absolute Gasteiger partial charge is 0.227 e. The van der Waals surface area contributed by atoms with Gasteiger partial charge in [-0.15, -0.1) is 0 Å². The van der Waals surface area contributed by atoms with Gasteiger partial charge in [0.2, 0.25) is 5.91 Å². The zero-order valence-corrected chi connectivity index (χ0v) is 12.2. The summed E-state index contributed by atoms with van der Waals surface area (Å²) in [6, 6.07) is 0. The molecule has 108 valence electrons. The predicted molar refractivity (Wildman–Crippen MR) is 71.6 cm³/mol. The van der Waals surface area contributed by atoms with E-state index in [9.17, 15) is 4.79 Å². The quantitative estimate of drug-likeness (QED) is 0.820. The minimum absolute atomic E-state index is 0.0560. The van der Waals surface area contributed by atoms with E-state index in [1.807, 2.05) is 20.8 Å². The third kappa shape index (κ3) is 3.04. The summed E-state index contributed by atoms with van der Waals surface area (Å²) < 4.78 is 6.77. The largest absolute Gasteiger partial charge is 0.361 e. The molecule has 2 heterocycles. The summed E-state index contributed by atoms with van der Waals surface area (Å²) in [5, 5.41) is 7.91. The van der Waals surface area contributed by atoms with E-state index < -0.39 is 0 Å². The lowest BCUT2D eigenvalue weighted by Crippen LogP contribution is -2.33. The van der Waals surface area contributed by atoms with Gasteiger partial charge >= 0.3 is 0 Å². The Hall–Kier alpha value is -2.18. The molecule has 0 aliphatic heterocycles. The van der Waals surface area contributed by atoms with Gasteiger partial charge in [-0.3, -0.25) is 9.48 Å². The van der Waals surface area contributed by atoms with E-state index in [2.05, 4.69) is 15.2 Å². The van der Waals surface area contributed by atoms with Gasteiger partial charge in [0.1, 0.15) is 18.4 Å². The van der Waals surface area contributed by atoms with E-state index in [1.165, 1.54) is 6.33 Å². The van der Waals surface area contributed by atoms with E-state index in [1.54, 1.807) is 23.0 Å². The Kier molecular flexibility index (Phi) is 4.16. The topological polar surface area (TPSA) is 77.0 Å². The minimum Gasteiger partial charge on any atom is -0.361 e. The lowest BCUT2D eigenvalue weighted by molar-refractivity contribution is -0.134. The third-order valence-electron chi connectivity index (χ3n) is 3.30. The van der Waals surface area contributed by atoms with E-state index in [-0.39, 0.29) is 11.8 Å². The molecule has 1 amide bonds. The minimum atomic E-state index is -0.165. The molecule has 0 N–H and O–H groups in total. The summed E-state index contributed by atoms with van der Waals surface area (Å²) in [6.45, 7) is 6.63. The van der Waals surface area contributed by atoms with Crippen LogP contribution in [-0.2, 0) is 17.9 Å². The summed E-state index contributed by atoms with van der Waals surface area (Å²) in [4.78, 5) is 17.9. The van der Waals surface area contributed by atoms with Crippen LogP contribution in [0.5, 0.6) is 0 Å². The van der Waals surface area contributed by atoms with Crippen LogP contribution < -0.4 is 0 Å². The molecule has 0 radical (unpaired) electrons. The fourth-order valence-corrected chi connectivity index (χ4v) is 2.10. The Bertz CT molecular complexity index is 556. The Morgan fingerprint density at radius 2 is 2.25 bits per heavy atom. The molecule has 0 aliphatic carbocycles. The maximum atomic E-state index is 12.3. The zero-order valence-electron chi connectivity index (χ0n) is 12.2. The Balaban J connectivity index is 1.98. The summed E-state index contributed by atoms with van der Waals surface area (Å²) >= 11 is 0. The van der Waals surface area contributed by atoms with Crippen LogP contribution in [-0.4, -0.2) is 37.8 Å². The summed E-state index contributed by atoms with van der Waals surface area (Å²) in [5.41, 5.74) is 1.79. The first-order valence-electron chi connectivity index (χ1n) is 6.48. The van der Waals surface area contributed by atoms with Crippen LogP contribution >= 0.6 is 0 Å². The van der Waals surface area contributed by atoms with Crippen molar-refractivity contribution in [2.45, 2.75) is 33.9 Å². The fraction of sp³-hybridized carbons (Fsp3) is 0.538. The zero-order chi connectivity index (χ0) is 14.7. The number of aryl methyl sites for hydroxylation is 2. The fourth-order valence-electron chi connectivity index (χ4n) is 2.10. The van der Waals surface area contributed by atoms with Crippen molar-refractivity contribution in [1.82, 2.24) is 24.8 Å². The molecule has 1 unspecified atom stereocenters. The molecule has 2 aromatic rings. The third-order valence-corrected chi connectivity index (χ3v) is 3.30. The summed E-state index contributed by atoms with van der Waals surface area (Å²) in [6.07, 6.45) is 3.07. The second-order valence-electron chi connectivity index (χ2n) is 5.02. The first-order valence-corrected chi connectivity index (χ1v) is 6.48. The van der Waals surface area contributed by atoms with Crippen molar-refractivity contribution in [2.24, 2.45) is 5.92 Å². The van der Waals surface area contributed by atoms with E-state index in [0.717, 1.165) is 17.0 Å². The van der Waals surface area contributed by atoms with Crippen LogP contribution in [0.3, 0.4) is 0 Å². The van der Waals surface area contributed by atoms with Crippen molar-refractivity contribution >= 4 is 5.91 Å². The molecule has 0 saturated carbocycles. The maximum Gasteiger partial charge on any atom is 0.227 e. The van der Waals surface area contributed by atoms with Gasteiger partial charge in [-0.25, -0.2) is 4.98 Å². The lowest BCUT2D eigenvalue weighted by atomic mass is 10.1. The van der Waals surface area contributed by atoms with Crippen LogP contribution in [0.25, 0.3) is 0 Å².